The second-order valence-electron chi connectivity index (χ2n) is 9.10. The minimum Gasteiger partial charge on any atom is -0.497 e. The number of hydrogen-bond acceptors (Lipinski definition) is 8. The summed E-state index contributed by atoms with van der Waals surface area (Å²) >= 11 is 0. The van der Waals surface area contributed by atoms with Gasteiger partial charge in [-0.3, -0.25) is 4.79 Å². The number of carbonyl (C=O) groups excluding carboxylic acids is 2. The third kappa shape index (κ3) is 9.07. The third-order valence-corrected chi connectivity index (χ3v) is 6.44. The average Bonchev–Trinajstić information content (AvgIpc) is 3.51. The standard InChI is InChI=1S/C30H39N3O8/c1-36-16-7-14-33(30(35)31-25-11-10-23(37-2)19-27(25)39-4)21-29(34)32(20-24-8-6-17-41-24)15-13-22-9-12-26(38-3)28(18-22)40-5/h6,8-12,17-19H,7,13-16,20-21H2,1-5H3,(H,31,35). The molecule has 0 aliphatic rings. The summed E-state index contributed by atoms with van der Waals surface area (Å²) in [4.78, 5) is 30.2. The quantitative estimate of drug-likeness (QED) is 0.252. The zero-order chi connectivity index (χ0) is 29.6. The van der Waals surface area contributed by atoms with Crippen LogP contribution in [0, 0.1) is 0 Å². The summed E-state index contributed by atoms with van der Waals surface area (Å²) < 4.78 is 32.1. The van der Waals surface area contributed by atoms with Crippen molar-refractivity contribution in [2.45, 2.75) is 19.4 Å². The van der Waals surface area contributed by atoms with E-state index >= 15 is 0 Å². The van der Waals surface area contributed by atoms with Gasteiger partial charge in [0.05, 0.1) is 46.9 Å². The number of urea groups is 1. The number of rotatable bonds is 16. The molecule has 41 heavy (non-hydrogen) atoms. The molecule has 0 aliphatic heterocycles. The van der Waals surface area contributed by atoms with E-state index in [1.54, 1.807) is 63.9 Å². The van der Waals surface area contributed by atoms with Gasteiger partial charge in [-0.15, -0.1) is 0 Å². The second kappa shape index (κ2) is 16.0. The summed E-state index contributed by atoms with van der Waals surface area (Å²) in [5.41, 5.74) is 1.43. The third-order valence-electron chi connectivity index (χ3n) is 6.44. The Morgan fingerprint density at radius 3 is 2.27 bits per heavy atom. The lowest BCUT2D eigenvalue weighted by Gasteiger charge is -2.28. The Balaban J connectivity index is 1.77. The number of ether oxygens (including phenoxy) is 5. The van der Waals surface area contributed by atoms with Crippen molar-refractivity contribution in [1.82, 2.24) is 9.80 Å². The molecule has 0 spiro atoms. The highest BCUT2D eigenvalue weighted by Crippen LogP contribution is 2.30. The van der Waals surface area contributed by atoms with E-state index < -0.39 is 6.03 Å². The van der Waals surface area contributed by atoms with Gasteiger partial charge >= 0.3 is 6.03 Å². The molecule has 222 valence electrons. The van der Waals surface area contributed by atoms with Crippen molar-refractivity contribution in [1.29, 1.82) is 0 Å². The van der Waals surface area contributed by atoms with Gasteiger partial charge in [-0.25, -0.2) is 4.79 Å². The van der Waals surface area contributed by atoms with E-state index in [0.29, 0.717) is 67.0 Å². The first-order valence-electron chi connectivity index (χ1n) is 13.2. The van der Waals surface area contributed by atoms with E-state index in [-0.39, 0.29) is 19.0 Å². The lowest BCUT2D eigenvalue weighted by atomic mass is 10.1. The largest absolute Gasteiger partial charge is 0.497 e. The molecular weight excluding hydrogens is 530 g/mol. The van der Waals surface area contributed by atoms with Gasteiger partial charge in [-0.1, -0.05) is 6.07 Å². The number of furan rings is 1. The van der Waals surface area contributed by atoms with Crippen molar-refractivity contribution in [3.8, 4) is 23.0 Å². The number of nitrogens with one attached hydrogen (secondary N) is 1. The van der Waals surface area contributed by atoms with Crippen molar-refractivity contribution < 1.29 is 37.7 Å². The van der Waals surface area contributed by atoms with E-state index in [1.807, 2.05) is 24.3 Å². The highest BCUT2D eigenvalue weighted by molar-refractivity contribution is 5.93. The van der Waals surface area contributed by atoms with Crippen LogP contribution in [0.15, 0.2) is 59.2 Å². The van der Waals surface area contributed by atoms with Crippen molar-refractivity contribution in [3.63, 3.8) is 0 Å². The lowest BCUT2D eigenvalue weighted by molar-refractivity contribution is -0.132. The number of benzene rings is 2. The SMILES string of the molecule is COCCCN(CC(=O)N(CCc1ccc(OC)c(OC)c1)Cc1ccco1)C(=O)Nc1ccc(OC)cc1OC. The molecule has 3 aromatic rings. The van der Waals surface area contributed by atoms with Crippen molar-refractivity contribution in [2.24, 2.45) is 0 Å². The van der Waals surface area contributed by atoms with Crippen LogP contribution in [0.3, 0.4) is 0 Å². The van der Waals surface area contributed by atoms with E-state index in [2.05, 4.69) is 5.32 Å². The van der Waals surface area contributed by atoms with Crippen LogP contribution in [0.2, 0.25) is 0 Å². The summed E-state index contributed by atoms with van der Waals surface area (Å²) in [6, 6.07) is 13.9. The first-order valence-corrected chi connectivity index (χ1v) is 13.2. The van der Waals surface area contributed by atoms with Crippen LogP contribution < -0.4 is 24.3 Å². The Bertz CT molecular complexity index is 1250. The Kier molecular flexibility index (Phi) is 12.2. The molecule has 1 aromatic heterocycles. The van der Waals surface area contributed by atoms with Gasteiger partial charge in [-0.05, 0) is 54.8 Å². The predicted molar refractivity (Wildman–Crippen MR) is 154 cm³/mol. The van der Waals surface area contributed by atoms with Gasteiger partial charge < -0.3 is 43.2 Å². The number of amides is 3. The van der Waals surface area contributed by atoms with Crippen LogP contribution in [0.5, 0.6) is 23.0 Å². The van der Waals surface area contributed by atoms with Gasteiger partial charge in [0, 0.05) is 32.9 Å². The van der Waals surface area contributed by atoms with Crippen LogP contribution in [0.4, 0.5) is 10.5 Å². The molecule has 2 aromatic carbocycles. The molecule has 0 fully saturated rings. The van der Waals surface area contributed by atoms with E-state index in [9.17, 15) is 9.59 Å². The molecule has 0 unspecified atom stereocenters. The molecule has 1 N–H and O–H groups in total. The minimum absolute atomic E-state index is 0.138. The fourth-order valence-electron chi connectivity index (χ4n) is 4.19. The van der Waals surface area contributed by atoms with Crippen molar-refractivity contribution in [2.75, 3.05) is 67.1 Å². The minimum atomic E-state index is -0.434. The summed E-state index contributed by atoms with van der Waals surface area (Å²) in [6.07, 6.45) is 2.69. The summed E-state index contributed by atoms with van der Waals surface area (Å²) in [5.74, 6) is 2.69. The maximum absolute atomic E-state index is 13.7. The number of nitrogens with zero attached hydrogens (tertiary/aromatic N) is 2. The molecule has 0 saturated carbocycles. The Morgan fingerprint density at radius 2 is 1.61 bits per heavy atom. The maximum atomic E-state index is 13.7. The van der Waals surface area contributed by atoms with Gasteiger partial charge in [0.25, 0.3) is 0 Å². The Morgan fingerprint density at radius 1 is 0.829 bits per heavy atom. The van der Waals surface area contributed by atoms with E-state index in [1.165, 1.54) is 12.0 Å². The fourth-order valence-corrected chi connectivity index (χ4v) is 4.19. The molecule has 0 atom stereocenters. The normalized spacial score (nSPS) is 10.6. The smallest absolute Gasteiger partial charge is 0.322 e. The number of hydrogen-bond donors (Lipinski definition) is 1. The predicted octanol–water partition coefficient (Wildman–Crippen LogP) is 4.46. The monoisotopic (exact) mass is 569 g/mol. The zero-order valence-electron chi connectivity index (χ0n) is 24.3. The fraction of sp³-hybridized carbons (Fsp3) is 0.400. The molecular formula is C30H39N3O8. The average molecular weight is 570 g/mol. The topological polar surface area (TPSA) is 112 Å². The number of methoxy groups -OCH3 is 5. The summed E-state index contributed by atoms with van der Waals surface area (Å²) in [7, 11) is 7.82. The van der Waals surface area contributed by atoms with Gasteiger partial charge in [0.1, 0.15) is 23.8 Å². The van der Waals surface area contributed by atoms with Crippen LogP contribution in [0.25, 0.3) is 0 Å². The lowest BCUT2D eigenvalue weighted by Crippen LogP contribution is -2.45. The van der Waals surface area contributed by atoms with Crippen LogP contribution >= 0.6 is 0 Å². The van der Waals surface area contributed by atoms with Crippen LogP contribution in [-0.2, 0) is 22.5 Å². The molecule has 3 rings (SSSR count). The van der Waals surface area contributed by atoms with Gasteiger partial charge in [0.2, 0.25) is 5.91 Å². The molecule has 0 bridgehead atoms. The van der Waals surface area contributed by atoms with Gasteiger partial charge in [0.15, 0.2) is 11.5 Å². The number of anilines is 1. The molecule has 3 amide bonds. The van der Waals surface area contributed by atoms with E-state index in [0.717, 1.165) is 5.56 Å². The van der Waals surface area contributed by atoms with Crippen LogP contribution in [0.1, 0.15) is 17.7 Å². The highest BCUT2D eigenvalue weighted by atomic mass is 16.5. The first-order chi connectivity index (χ1) is 19.9. The maximum Gasteiger partial charge on any atom is 0.322 e. The second-order valence-corrected chi connectivity index (χ2v) is 9.10. The van der Waals surface area contributed by atoms with Gasteiger partial charge in [-0.2, -0.15) is 0 Å². The number of carbonyl (C=O) groups is 2. The molecule has 0 radical (unpaired) electrons. The highest BCUT2D eigenvalue weighted by Gasteiger charge is 2.23. The van der Waals surface area contributed by atoms with Crippen molar-refractivity contribution in [3.05, 3.63) is 66.1 Å². The molecule has 0 aliphatic carbocycles. The van der Waals surface area contributed by atoms with Crippen LogP contribution in [-0.4, -0.2) is 83.5 Å². The van der Waals surface area contributed by atoms with Crippen molar-refractivity contribution >= 4 is 17.6 Å². The summed E-state index contributed by atoms with van der Waals surface area (Å²) in [6.45, 7) is 1.28. The zero-order valence-corrected chi connectivity index (χ0v) is 24.3. The summed E-state index contributed by atoms with van der Waals surface area (Å²) in [5, 5.41) is 2.86. The Labute approximate surface area is 240 Å². The molecule has 0 saturated heterocycles. The molecule has 11 nitrogen and oxygen atoms in total. The Hall–Kier alpha value is -4.38. The molecule has 1 heterocycles. The molecule has 11 heteroatoms. The van der Waals surface area contributed by atoms with E-state index in [4.69, 9.17) is 28.1 Å². The first kappa shape index (κ1) is 31.2.